The Kier molecular flexibility index (Phi) is 4.09. The highest BCUT2D eigenvalue weighted by atomic mass is 16.5. The number of aliphatic hydroxyl groups is 3. The predicted molar refractivity (Wildman–Crippen MR) is 108 cm³/mol. The summed E-state index contributed by atoms with van der Waals surface area (Å²) in [7, 11) is 0. The van der Waals surface area contributed by atoms with Gasteiger partial charge in [-0.05, 0) is 48.8 Å². The van der Waals surface area contributed by atoms with Gasteiger partial charge in [0.05, 0.1) is 12.2 Å². The first-order valence-corrected chi connectivity index (χ1v) is 10.8. The lowest BCUT2D eigenvalue weighted by Gasteiger charge is -2.60. The Bertz CT molecular complexity index is 923. The van der Waals surface area contributed by atoms with Gasteiger partial charge >= 0.3 is 0 Å². The van der Waals surface area contributed by atoms with E-state index in [0.29, 0.717) is 30.7 Å². The molecule has 0 amide bonds. The van der Waals surface area contributed by atoms with Crippen LogP contribution in [-0.4, -0.2) is 63.2 Å². The minimum Gasteiger partial charge on any atom is -0.475 e. The number of Topliss-reactive ketones (excluding diaryl/α,β-unsaturated/α-hetero) is 1. The zero-order chi connectivity index (χ0) is 21.6. The molecule has 4 aliphatic carbocycles. The highest BCUT2D eigenvalue weighted by Gasteiger charge is 2.74. The summed E-state index contributed by atoms with van der Waals surface area (Å²) in [6.45, 7) is 5.06. The van der Waals surface area contributed by atoms with Crippen LogP contribution in [0.1, 0.15) is 40.0 Å². The van der Waals surface area contributed by atoms with E-state index in [4.69, 9.17) is 4.74 Å². The molecule has 0 aromatic carbocycles. The molecule has 5 rings (SSSR count). The molecule has 5 aliphatic rings. The van der Waals surface area contributed by atoms with Gasteiger partial charge in [-0.1, -0.05) is 19.9 Å². The van der Waals surface area contributed by atoms with Gasteiger partial charge in [0, 0.05) is 23.7 Å². The quantitative estimate of drug-likeness (QED) is 0.619. The Labute approximate surface area is 175 Å². The molecule has 1 aliphatic heterocycles. The highest BCUT2D eigenvalue weighted by molar-refractivity contribution is 6.01. The molecule has 3 N–H and O–H groups in total. The van der Waals surface area contributed by atoms with E-state index in [0.717, 1.165) is 0 Å². The number of allylic oxidation sites excluding steroid dienone is 3. The minimum atomic E-state index is -1.21. The predicted octanol–water partition coefficient (Wildman–Crippen LogP) is 0.963. The van der Waals surface area contributed by atoms with Crippen molar-refractivity contribution in [3.05, 3.63) is 23.8 Å². The van der Waals surface area contributed by atoms with Gasteiger partial charge in [0.25, 0.3) is 0 Å². The lowest BCUT2D eigenvalue weighted by atomic mass is 9.45. The van der Waals surface area contributed by atoms with Gasteiger partial charge < -0.3 is 20.1 Å². The summed E-state index contributed by atoms with van der Waals surface area (Å²) >= 11 is 0. The van der Waals surface area contributed by atoms with E-state index in [-0.39, 0.29) is 29.3 Å². The molecule has 0 radical (unpaired) electrons. The fourth-order valence-electron chi connectivity index (χ4n) is 7.86. The maximum absolute atomic E-state index is 13.1. The summed E-state index contributed by atoms with van der Waals surface area (Å²) in [5.74, 6) is -0.334. The third kappa shape index (κ3) is 2.18. The van der Waals surface area contributed by atoms with E-state index in [1.165, 1.54) is 12.2 Å². The monoisotopic (exact) mass is 415 g/mol. The maximum atomic E-state index is 13.1. The van der Waals surface area contributed by atoms with Crippen LogP contribution in [0.15, 0.2) is 28.8 Å². The van der Waals surface area contributed by atoms with Gasteiger partial charge in [-0.3, -0.25) is 9.59 Å². The molecule has 9 atom stereocenters. The van der Waals surface area contributed by atoms with Crippen molar-refractivity contribution in [2.45, 2.75) is 63.9 Å². The van der Waals surface area contributed by atoms with Crippen molar-refractivity contribution in [3.63, 3.8) is 0 Å². The number of ketones is 2. The number of hydrogen-bond donors (Lipinski definition) is 3. The largest absolute Gasteiger partial charge is 0.475 e. The summed E-state index contributed by atoms with van der Waals surface area (Å²) in [5, 5.41) is 32.2. The van der Waals surface area contributed by atoms with Crippen molar-refractivity contribution in [2.24, 2.45) is 33.6 Å². The fraction of sp³-hybridized carbons (Fsp3) is 0.696. The molecular weight excluding hydrogens is 386 g/mol. The zero-order valence-corrected chi connectivity index (χ0v) is 17.5. The maximum Gasteiger partial charge on any atom is 0.190 e. The number of carbonyl (C=O) groups is 2. The van der Waals surface area contributed by atoms with E-state index in [2.05, 4.69) is 4.99 Å². The number of nitrogens with zero attached hydrogens (tertiary/aromatic N) is 1. The van der Waals surface area contributed by atoms with Crippen LogP contribution in [0.2, 0.25) is 0 Å². The van der Waals surface area contributed by atoms with Gasteiger partial charge in [-0.25, -0.2) is 4.99 Å². The number of hydrogen-bond acceptors (Lipinski definition) is 7. The Morgan fingerprint density at radius 3 is 2.73 bits per heavy atom. The van der Waals surface area contributed by atoms with Crippen LogP contribution in [0.25, 0.3) is 0 Å². The first-order chi connectivity index (χ1) is 14.1. The highest BCUT2D eigenvalue weighted by Crippen LogP contribution is 2.69. The topological polar surface area (TPSA) is 116 Å². The summed E-state index contributed by atoms with van der Waals surface area (Å²) in [6.07, 6.45) is 4.23. The van der Waals surface area contributed by atoms with Crippen molar-refractivity contribution < 1.29 is 29.6 Å². The standard InChI is InChI=1S/C23H29NO6/c1-11-24-23(18(29)10-25)19(30-11)8-14-13-7-16(27)15-6-12(26)4-5-21(15,2)20(13)17(28)9-22(14,23)3/h4-6,13-14,16-17,19-20,25,27-28H,7-10H2,1-3H3/t13-,14+,16-,17-,19+,20-,21-,22-,23+/m0/s1. The molecule has 0 bridgehead atoms. The smallest absolute Gasteiger partial charge is 0.190 e. The number of rotatable bonds is 2. The molecule has 3 saturated carbocycles. The number of aliphatic hydroxyl groups excluding tert-OH is 3. The Morgan fingerprint density at radius 1 is 1.30 bits per heavy atom. The van der Waals surface area contributed by atoms with Gasteiger partial charge in [0.2, 0.25) is 0 Å². The average molecular weight is 415 g/mol. The third-order valence-corrected chi connectivity index (χ3v) is 8.92. The average Bonchev–Trinajstić information content (AvgIpc) is 3.13. The van der Waals surface area contributed by atoms with E-state index in [9.17, 15) is 24.9 Å². The summed E-state index contributed by atoms with van der Waals surface area (Å²) in [6, 6.07) is 0. The van der Waals surface area contributed by atoms with E-state index < -0.39 is 41.3 Å². The first kappa shape index (κ1) is 20.1. The van der Waals surface area contributed by atoms with Crippen molar-refractivity contribution in [2.75, 3.05) is 6.61 Å². The summed E-state index contributed by atoms with van der Waals surface area (Å²) in [4.78, 5) is 29.7. The van der Waals surface area contributed by atoms with Gasteiger partial charge in [0.1, 0.15) is 12.7 Å². The Balaban J connectivity index is 1.63. The molecule has 0 aromatic heterocycles. The third-order valence-electron chi connectivity index (χ3n) is 8.92. The van der Waals surface area contributed by atoms with Gasteiger partial charge in [-0.2, -0.15) is 0 Å². The molecule has 0 aromatic rings. The van der Waals surface area contributed by atoms with E-state index in [1.807, 2.05) is 19.9 Å². The van der Waals surface area contributed by atoms with Crippen molar-refractivity contribution in [3.8, 4) is 0 Å². The molecule has 0 spiro atoms. The summed E-state index contributed by atoms with van der Waals surface area (Å²) in [5.41, 5.74) is -1.85. The lowest BCUT2D eigenvalue weighted by Crippen LogP contribution is -2.63. The molecule has 0 saturated heterocycles. The summed E-state index contributed by atoms with van der Waals surface area (Å²) < 4.78 is 5.96. The number of ether oxygens (including phenoxy) is 1. The van der Waals surface area contributed by atoms with Crippen LogP contribution in [0, 0.1) is 28.6 Å². The lowest BCUT2D eigenvalue weighted by molar-refractivity contribution is -0.150. The minimum absolute atomic E-state index is 0.0118. The second-order valence-electron chi connectivity index (χ2n) is 10.2. The van der Waals surface area contributed by atoms with E-state index in [1.54, 1.807) is 6.92 Å². The molecule has 1 heterocycles. The molecule has 0 unspecified atom stereocenters. The number of fused-ring (bicyclic) bond motifs is 7. The first-order valence-electron chi connectivity index (χ1n) is 10.8. The van der Waals surface area contributed by atoms with Crippen LogP contribution >= 0.6 is 0 Å². The molecular formula is C23H29NO6. The van der Waals surface area contributed by atoms with Crippen LogP contribution < -0.4 is 0 Å². The fourth-order valence-corrected chi connectivity index (χ4v) is 7.86. The molecule has 7 heteroatoms. The molecule has 30 heavy (non-hydrogen) atoms. The Hall–Kier alpha value is -1.83. The molecule has 3 fully saturated rings. The molecule has 162 valence electrons. The zero-order valence-electron chi connectivity index (χ0n) is 17.5. The van der Waals surface area contributed by atoms with Crippen molar-refractivity contribution in [1.29, 1.82) is 0 Å². The second kappa shape index (κ2) is 6.11. The van der Waals surface area contributed by atoms with E-state index >= 15 is 0 Å². The van der Waals surface area contributed by atoms with Crippen LogP contribution in [0.5, 0.6) is 0 Å². The van der Waals surface area contributed by atoms with Crippen LogP contribution in [0.4, 0.5) is 0 Å². The van der Waals surface area contributed by atoms with Crippen molar-refractivity contribution >= 4 is 17.5 Å². The Morgan fingerprint density at radius 2 is 2.03 bits per heavy atom. The second-order valence-corrected chi connectivity index (χ2v) is 10.2. The van der Waals surface area contributed by atoms with Gasteiger partial charge in [0.15, 0.2) is 23.0 Å². The van der Waals surface area contributed by atoms with Crippen LogP contribution in [0.3, 0.4) is 0 Å². The normalized spacial score (nSPS) is 51.2. The number of aliphatic imine (C=N–C) groups is 1. The molecule has 7 nitrogen and oxygen atoms in total. The van der Waals surface area contributed by atoms with Crippen molar-refractivity contribution in [1.82, 2.24) is 0 Å². The SMILES string of the molecule is CC1=N[C@]2(C(=O)CO)[C@@H](C[C@@H]3[C@@H]4C[C@H](O)C5=CC(=O)C=C[C@]5(C)[C@@H]4[C@@H](O)C[C@@]32C)O1. The number of carbonyl (C=O) groups excluding carboxylic acids is 2. The van der Waals surface area contributed by atoms with Crippen LogP contribution in [-0.2, 0) is 14.3 Å². The van der Waals surface area contributed by atoms with Gasteiger partial charge in [-0.15, -0.1) is 0 Å².